The highest BCUT2D eigenvalue weighted by molar-refractivity contribution is 5.54. The van der Waals surface area contributed by atoms with Crippen LogP contribution < -0.4 is 10.2 Å². The standard InChI is InChI=1S/C11H14N4/c1-2-11(14-7-5-12-6-8-14)9-15-10(1)3-4-13-15/h1-4,9,12H,5-8H2/i3D. The van der Waals surface area contributed by atoms with E-state index >= 15 is 0 Å². The number of aromatic nitrogens is 2. The smallest absolute Gasteiger partial charge is 0.0663 e. The van der Waals surface area contributed by atoms with Gasteiger partial charge in [-0.25, -0.2) is 4.52 Å². The van der Waals surface area contributed by atoms with Gasteiger partial charge in [-0.05, 0) is 18.2 Å². The van der Waals surface area contributed by atoms with E-state index in [0.29, 0.717) is 6.04 Å². The third-order valence-corrected chi connectivity index (χ3v) is 2.79. The molecule has 3 heterocycles. The fourth-order valence-electron chi connectivity index (χ4n) is 1.96. The van der Waals surface area contributed by atoms with Crippen molar-refractivity contribution in [3.05, 3.63) is 30.6 Å². The molecular weight excluding hydrogens is 188 g/mol. The van der Waals surface area contributed by atoms with E-state index in [0.717, 1.165) is 31.7 Å². The molecule has 4 heteroatoms. The molecular formula is C11H14N4. The Morgan fingerprint density at radius 3 is 3.07 bits per heavy atom. The average molecular weight is 203 g/mol. The van der Waals surface area contributed by atoms with Crippen molar-refractivity contribution in [1.82, 2.24) is 14.9 Å². The molecule has 1 fully saturated rings. The predicted octanol–water partition coefficient (Wildman–Crippen LogP) is 0.744. The lowest BCUT2D eigenvalue weighted by molar-refractivity contribution is 0.588. The first-order chi connectivity index (χ1) is 7.84. The fraction of sp³-hybridized carbons (Fsp3) is 0.364. The zero-order valence-electron chi connectivity index (χ0n) is 9.48. The van der Waals surface area contributed by atoms with Gasteiger partial charge < -0.3 is 10.2 Å². The largest absolute Gasteiger partial charge is 0.368 e. The predicted molar refractivity (Wildman–Crippen MR) is 60.3 cm³/mol. The Bertz CT molecular complexity index is 502. The summed E-state index contributed by atoms with van der Waals surface area (Å²) >= 11 is 0. The zero-order chi connectivity index (χ0) is 11.0. The van der Waals surface area contributed by atoms with E-state index < -0.39 is 0 Å². The monoisotopic (exact) mass is 203 g/mol. The van der Waals surface area contributed by atoms with Gasteiger partial charge in [0.15, 0.2) is 0 Å². The highest BCUT2D eigenvalue weighted by atomic mass is 15.2. The molecule has 1 N–H and O–H groups in total. The molecule has 4 nitrogen and oxygen atoms in total. The number of hydrogen-bond donors (Lipinski definition) is 1. The number of hydrogen-bond acceptors (Lipinski definition) is 3. The molecule has 3 rings (SSSR count). The quantitative estimate of drug-likeness (QED) is 0.742. The Labute approximate surface area is 89.9 Å². The number of anilines is 1. The third kappa shape index (κ3) is 1.57. The fourth-order valence-corrected chi connectivity index (χ4v) is 1.96. The van der Waals surface area contributed by atoms with Crippen LogP contribution in [0.1, 0.15) is 1.37 Å². The van der Waals surface area contributed by atoms with Gasteiger partial charge in [-0.15, -0.1) is 0 Å². The van der Waals surface area contributed by atoms with Gasteiger partial charge in [0.2, 0.25) is 0 Å². The van der Waals surface area contributed by atoms with Crippen molar-refractivity contribution in [3.63, 3.8) is 0 Å². The highest BCUT2D eigenvalue weighted by Crippen LogP contribution is 2.15. The summed E-state index contributed by atoms with van der Waals surface area (Å²) in [5.74, 6) is 0. The van der Waals surface area contributed by atoms with E-state index in [4.69, 9.17) is 1.37 Å². The lowest BCUT2D eigenvalue weighted by atomic mass is 10.3. The maximum Gasteiger partial charge on any atom is 0.0663 e. The van der Waals surface area contributed by atoms with Crippen LogP contribution in [0.2, 0.25) is 0 Å². The van der Waals surface area contributed by atoms with E-state index in [2.05, 4.69) is 21.4 Å². The van der Waals surface area contributed by atoms with Crippen LogP contribution in [0.3, 0.4) is 0 Å². The summed E-state index contributed by atoms with van der Waals surface area (Å²) < 4.78 is 9.43. The Morgan fingerprint density at radius 1 is 1.33 bits per heavy atom. The molecule has 0 bridgehead atoms. The van der Waals surface area contributed by atoms with Crippen molar-refractivity contribution < 1.29 is 1.37 Å². The molecule has 1 aliphatic rings. The summed E-state index contributed by atoms with van der Waals surface area (Å²) in [6, 6.07) is 4.51. The minimum atomic E-state index is 0.479. The maximum absolute atomic E-state index is 7.65. The van der Waals surface area contributed by atoms with Crippen LogP contribution in [0, 0.1) is 0 Å². The maximum atomic E-state index is 7.65. The van der Waals surface area contributed by atoms with Gasteiger partial charge in [0.05, 0.1) is 18.8 Å². The van der Waals surface area contributed by atoms with Crippen molar-refractivity contribution in [2.75, 3.05) is 31.1 Å². The third-order valence-electron chi connectivity index (χ3n) is 2.79. The molecule has 0 spiro atoms. The minimum absolute atomic E-state index is 0.479. The average Bonchev–Trinajstić information content (AvgIpc) is 2.72. The Kier molecular flexibility index (Phi) is 1.82. The molecule has 0 saturated carbocycles. The van der Waals surface area contributed by atoms with Crippen LogP contribution in [0.15, 0.2) is 30.6 Å². The van der Waals surface area contributed by atoms with E-state index in [1.54, 1.807) is 10.7 Å². The van der Waals surface area contributed by atoms with Crippen LogP contribution in [-0.4, -0.2) is 35.8 Å². The number of piperazine rings is 1. The number of fused-ring (bicyclic) bond motifs is 1. The van der Waals surface area contributed by atoms with Gasteiger partial charge in [0, 0.05) is 32.4 Å². The number of pyridine rings is 1. The van der Waals surface area contributed by atoms with Crippen molar-refractivity contribution in [3.8, 4) is 0 Å². The number of rotatable bonds is 1. The first kappa shape index (κ1) is 7.70. The summed E-state index contributed by atoms with van der Waals surface area (Å²) in [4.78, 5) is 2.33. The topological polar surface area (TPSA) is 32.6 Å². The minimum Gasteiger partial charge on any atom is -0.368 e. The molecule has 0 aliphatic carbocycles. The lowest BCUT2D eigenvalue weighted by Gasteiger charge is -2.29. The molecule has 15 heavy (non-hydrogen) atoms. The Hall–Kier alpha value is -1.55. The summed E-state index contributed by atoms with van der Waals surface area (Å²) in [7, 11) is 0. The van der Waals surface area contributed by atoms with Crippen LogP contribution in [-0.2, 0) is 0 Å². The van der Waals surface area contributed by atoms with Gasteiger partial charge in [-0.2, -0.15) is 5.10 Å². The van der Waals surface area contributed by atoms with Gasteiger partial charge in [0.25, 0.3) is 0 Å². The lowest BCUT2D eigenvalue weighted by Crippen LogP contribution is -2.43. The molecule has 0 unspecified atom stereocenters. The van der Waals surface area contributed by atoms with Crippen LogP contribution in [0.4, 0.5) is 5.69 Å². The van der Waals surface area contributed by atoms with E-state index in [-0.39, 0.29) is 0 Å². The zero-order valence-corrected chi connectivity index (χ0v) is 8.48. The van der Waals surface area contributed by atoms with Crippen molar-refractivity contribution in [1.29, 1.82) is 0 Å². The first-order valence-corrected chi connectivity index (χ1v) is 5.24. The molecule has 0 aromatic carbocycles. The summed E-state index contributed by atoms with van der Waals surface area (Å²) in [6.07, 6.45) is 3.58. The van der Waals surface area contributed by atoms with Crippen LogP contribution >= 0.6 is 0 Å². The summed E-state index contributed by atoms with van der Waals surface area (Å²) in [5, 5.41) is 7.49. The van der Waals surface area contributed by atoms with E-state index in [9.17, 15) is 0 Å². The van der Waals surface area contributed by atoms with Crippen LogP contribution in [0.25, 0.3) is 5.52 Å². The normalized spacial score (nSPS) is 18.1. The van der Waals surface area contributed by atoms with Gasteiger partial charge in [-0.1, -0.05) is 0 Å². The molecule has 2 aromatic heterocycles. The first-order valence-electron chi connectivity index (χ1n) is 5.74. The summed E-state index contributed by atoms with van der Waals surface area (Å²) in [6.45, 7) is 4.11. The molecule has 0 amide bonds. The van der Waals surface area contributed by atoms with Crippen molar-refractivity contribution in [2.45, 2.75) is 0 Å². The Balaban J connectivity index is 1.97. The second-order valence-electron chi connectivity index (χ2n) is 3.74. The molecule has 0 atom stereocenters. The molecule has 78 valence electrons. The van der Waals surface area contributed by atoms with E-state index in [1.807, 2.05) is 12.3 Å². The van der Waals surface area contributed by atoms with Gasteiger partial charge in [0.1, 0.15) is 0 Å². The van der Waals surface area contributed by atoms with Crippen LogP contribution in [0.5, 0.6) is 0 Å². The van der Waals surface area contributed by atoms with Gasteiger partial charge in [-0.3, -0.25) is 0 Å². The van der Waals surface area contributed by atoms with Gasteiger partial charge >= 0.3 is 0 Å². The highest BCUT2D eigenvalue weighted by Gasteiger charge is 2.10. The second-order valence-corrected chi connectivity index (χ2v) is 3.74. The van der Waals surface area contributed by atoms with Crippen molar-refractivity contribution in [2.24, 2.45) is 0 Å². The van der Waals surface area contributed by atoms with Crippen molar-refractivity contribution >= 4 is 11.2 Å². The Morgan fingerprint density at radius 2 is 2.20 bits per heavy atom. The SMILES string of the molecule is [2H]c1cnn2cc(N3CCNCC3)ccc12. The second kappa shape index (κ2) is 3.55. The summed E-state index contributed by atoms with van der Waals surface area (Å²) in [5.41, 5.74) is 2.04. The molecule has 0 radical (unpaired) electrons. The molecule has 2 aromatic rings. The number of nitrogens with zero attached hydrogens (tertiary/aromatic N) is 3. The number of nitrogens with one attached hydrogen (secondary N) is 1. The molecule has 1 aliphatic heterocycles. The van der Waals surface area contributed by atoms with E-state index in [1.165, 1.54) is 5.69 Å². The molecule has 1 saturated heterocycles.